The van der Waals surface area contributed by atoms with Gasteiger partial charge in [0.25, 0.3) is 0 Å². The van der Waals surface area contributed by atoms with Crippen molar-refractivity contribution in [3.8, 4) is 0 Å². The van der Waals surface area contributed by atoms with E-state index in [2.05, 4.69) is 53.4 Å². The largest absolute Gasteiger partial charge is 0.360 e. The van der Waals surface area contributed by atoms with Gasteiger partial charge in [0.1, 0.15) is 5.78 Å². The van der Waals surface area contributed by atoms with Crippen molar-refractivity contribution >= 4 is 11.5 Å². The zero-order valence-corrected chi connectivity index (χ0v) is 12.0. The highest BCUT2D eigenvalue weighted by Gasteiger charge is 2.47. The average molecular weight is 277 g/mol. The van der Waals surface area contributed by atoms with Crippen LogP contribution in [0.5, 0.6) is 0 Å². The Bertz CT molecular complexity index is 637. The number of anilines is 1. The molecule has 1 saturated carbocycles. The molecule has 2 saturated heterocycles. The molecule has 2 heterocycles. The van der Waals surface area contributed by atoms with Gasteiger partial charge >= 0.3 is 0 Å². The quantitative estimate of drug-likeness (QED) is 0.827. The van der Waals surface area contributed by atoms with Crippen LogP contribution in [0.15, 0.2) is 60.7 Å². The molecule has 2 aliphatic heterocycles. The predicted octanol–water partition coefficient (Wildman–Crippen LogP) is 3.99. The van der Waals surface area contributed by atoms with E-state index in [4.69, 9.17) is 0 Å². The predicted molar refractivity (Wildman–Crippen MR) is 84.2 cm³/mol. The van der Waals surface area contributed by atoms with Gasteiger partial charge in [0.05, 0.1) is 6.04 Å². The lowest BCUT2D eigenvalue weighted by Crippen LogP contribution is -2.54. The van der Waals surface area contributed by atoms with Crippen LogP contribution in [0.1, 0.15) is 30.9 Å². The Kier molecular flexibility index (Phi) is 3.03. The molecule has 0 amide bonds. The van der Waals surface area contributed by atoms with Crippen molar-refractivity contribution in [2.45, 2.75) is 31.3 Å². The molecule has 3 atom stereocenters. The van der Waals surface area contributed by atoms with Crippen LogP contribution in [-0.4, -0.2) is 11.8 Å². The van der Waals surface area contributed by atoms with Gasteiger partial charge in [-0.05, 0) is 30.5 Å². The van der Waals surface area contributed by atoms with Gasteiger partial charge in [0, 0.05) is 24.1 Å². The maximum absolute atomic E-state index is 12.4. The molecule has 3 fully saturated rings. The van der Waals surface area contributed by atoms with Crippen LogP contribution < -0.4 is 4.90 Å². The number of hydrogen-bond donors (Lipinski definition) is 0. The molecule has 2 nitrogen and oxygen atoms in total. The standard InChI is InChI=1S/C19H19NO/c21-18-13-16-11-12-17(18)19(14-7-3-1-4-8-14)20(16)15-9-5-2-6-10-15/h1-10,16-17,19H,11-13H2/t16-,17+,19+/m0/s1. The smallest absolute Gasteiger partial charge is 0.140 e. The average Bonchev–Trinajstić information content (AvgIpc) is 2.56. The SMILES string of the molecule is O=C1C[C@@H]2CC[C@H]1[C@@H](c1ccccc1)N2c1ccccc1. The van der Waals surface area contributed by atoms with E-state index in [0.717, 1.165) is 12.8 Å². The highest BCUT2D eigenvalue weighted by Crippen LogP contribution is 2.47. The number of Topliss-reactive ketones (excluding diaryl/α,β-unsaturated/α-hetero) is 1. The summed E-state index contributed by atoms with van der Waals surface area (Å²) in [5.74, 6) is 0.602. The zero-order chi connectivity index (χ0) is 14.2. The molecule has 5 rings (SSSR count). The summed E-state index contributed by atoms with van der Waals surface area (Å²) in [7, 11) is 0. The molecule has 0 unspecified atom stereocenters. The molecule has 0 aromatic heterocycles. The zero-order valence-electron chi connectivity index (χ0n) is 12.0. The summed E-state index contributed by atoms with van der Waals surface area (Å²) in [6.45, 7) is 0. The number of rotatable bonds is 2. The first-order valence-corrected chi connectivity index (χ1v) is 7.75. The van der Waals surface area contributed by atoms with Crippen molar-refractivity contribution in [2.24, 2.45) is 5.92 Å². The number of ketones is 1. The third-order valence-corrected chi connectivity index (χ3v) is 4.93. The summed E-state index contributed by atoms with van der Waals surface area (Å²) < 4.78 is 0. The van der Waals surface area contributed by atoms with Gasteiger partial charge < -0.3 is 4.90 Å². The van der Waals surface area contributed by atoms with Gasteiger partial charge in [0.15, 0.2) is 0 Å². The number of benzene rings is 2. The second kappa shape index (κ2) is 5.03. The Morgan fingerprint density at radius 3 is 2.19 bits per heavy atom. The third-order valence-electron chi connectivity index (χ3n) is 4.93. The number of piperidine rings is 2. The molecule has 0 spiro atoms. The summed E-state index contributed by atoms with van der Waals surface area (Å²) in [6.07, 6.45) is 2.88. The number of hydrogen-bond acceptors (Lipinski definition) is 2. The van der Waals surface area contributed by atoms with E-state index in [1.54, 1.807) is 0 Å². The van der Waals surface area contributed by atoms with Gasteiger partial charge in [-0.1, -0.05) is 48.5 Å². The second-order valence-electron chi connectivity index (χ2n) is 6.11. The minimum atomic E-state index is 0.151. The minimum Gasteiger partial charge on any atom is -0.360 e. The van der Waals surface area contributed by atoms with Crippen molar-refractivity contribution in [1.29, 1.82) is 0 Å². The van der Waals surface area contributed by atoms with E-state index >= 15 is 0 Å². The molecule has 0 N–H and O–H groups in total. The first-order chi connectivity index (χ1) is 10.3. The second-order valence-corrected chi connectivity index (χ2v) is 6.11. The maximum Gasteiger partial charge on any atom is 0.140 e. The molecule has 2 bridgehead atoms. The van der Waals surface area contributed by atoms with E-state index in [1.165, 1.54) is 11.3 Å². The molecular formula is C19H19NO. The van der Waals surface area contributed by atoms with Crippen LogP contribution in [0.2, 0.25) is 0 Å². The fraction of sp³-hybridized carbons (Fsp3) is 0.316. The van der Waals surface area contributed by atoms with Crippen LogP contribution in [0, 0.1) is 5.92 Å². The van der Waals surface area contributed by atoms with Crippen molar-refractivity contribution < 1.29 is 4.79 Å². The molecule has 1 aliphatic carbocycles. The lowest BCUT2D eigenvalue weighted by atomic mass is 9.71. The fourth-order valence-corrected chi connectivity index (χ4v) is 4.03. The monoisotopic (exact) mass is 277 g/mol. The first kappa shape index (κ1) is 12.6. The number of carbonyl (C=O) groups is 1. The minimum absolute atomic E-state index is 0.151. The Hall–Kier alpha value is -2.09. The van der Waals surface area contributed by atoms with E-state index in [-0.39, 0.29) is 12.0 Å². The first-order valence-electron chi connectivity index (χ1n) is 7.75. The van der Waals surface area contributed by atoms with Crippen LogP contribution >= 0.6 is 0 Å². The van der Waals surface area contributed by atoms with Gasteiger partial charge in [-0.15, -0.1) is 0 Å². The van der Waals surface area contributed by atoms with Crippen LogP contribution in [-0.2, 0) is 4.79 Å². The molecule has 21 heavy (non-hydrogen) atoms. The van der Waals surface area contributed by atoms with Gasteiger partial charge in [-0.2, -0.15) is 0 Å². The highest BCUT2D eigenvalue weighted by atomic mass is 16.1. The lowest BCUT2D eigenvalue weighted by Gasteiger charge is -2.52. The number of carbonyl (C=O) groups excluding carboxylic acids is 1. The highest BCUT2D eigenvalue weighted by molar-refractivity contribution is 5.86. The van der Waals surface area contributed by atoms with Crippen molar-refractivity contribution in [3.63, 3.8) is 0 Å². The molecule has 2 heteroatoms. The molecule has 106 valence electrons. The maximum atomic E-state index is 12.4. The van der Waals surface area contributed by atoms with Gasteiger partial charge in [0.2, 0.25) is 0 Å². The molecular weight excluding hydrogens is 258 g/mol. The van der Waals surface area contributed by atoms with Crippen molar-refractivity contribution in [3.05, 3.63) is 66.2 Å². The lowest BCUT2D eigenvalue weighted by molar-refractivity contribution is -0.128. The fourth-order valence-electron chi connectivity index (χ4n) is 4.03. The Labute approximate surface area is 125 Å². The van der Waals surface area contributed by atoms with E-state index < -0.39 is 0 Å². The Balaban J connectivity index is 1.81. The van der Waals surface area contributed by atoms with E-state index in [0.29, 0.717) is 18.2 Å². The summed E-state index contributed by atoms with van der Waals surface area (Å²) in [5, 5.41) is 0. The summed E-state index contributed by atoms with van der Waals surface area (Å²) >= 11 is 0. The molecule has 2 aromatic rings. The van der Waals surface area contributed by atoms with Crippen LogP contribution in [0.4, 0.5) is 5.69 Å². The Morgan fingerprint density at radius 2 is 1.52 bits per heavy atom. The number of nitrogens with zero attached hydrogens (tertiary/aromatic N) is 1. The van der Waals surface area contributed by atoms with Gasteiger partial charge in [-0.25, -0.2) is 0 Å². The normalized spacial score (nSPS) is 27.9. The summed E-state index contributed by atoms with van der Waals surface area (Å²) in [4.78, 5) is 14.9. The number of fused-ring (bicyclic) bond motifs is 3. The molecule has 0 radical (unpaired) electrons. The van der Waals surface area contributed by atoms with Gasteiger partial charge in [-0.3, -0.25) is 4.79 Å². The molecule has 3 aliphatic rings. The summed E-state index contributed by atoms with van der Waals surface area (Å²) in [6, 6.07) is 21.6. The molecule has 2 aromatic carbocycles. The topological polar surface area (TPSA) is 20.3 Å². The van der Waals surface area contributed by atoms with Crippen LogP contribution in [0.25, 0.3) is 0 Å². The van der Waals surface area contributed by atoms with Crippen molar-refractivity contribution in [2.75, 3.05) is 4.90 Å². The van der Waals surface area contributed by atoms with E-state index in [1.807, 2.05) is 12.1 Å². The Morgan fingerprint density at radius 1 is 0.857 bits per heavy atom. The van der Waals surface area contributed by atoms with Crippen molar-refractivity contribution in [1.82, 2.24) is 0 Å². The summed E-state index contributed by atoms with van der Waals surface area (Å²) in [5.41, 5.74) is 2.51. The van der Waals surface area contributed by atoms with E-state index in [9.17, 15) is 4.79 Å². The van der Waals surface area contributed by atoms with Crippen LogP contribution in [0.3, 0.4) is 0 Å². The number of para-hydroxylation sites is 1. The third kappa shape index (κ3) is 2.06.